The number of hydrogen-bond donors (Lipinski definition) is 1. The molecule has 1 atom stereocenters. The highest BCUT2D eigenvalue weighted by Crippen LogP contribution is 2.22. The van der Waals surface area contributed by atoms with Gasteiger partial charge < -0.3 is 10.5 Å². The van der Waals surface area contributed by atoms with Crippen molar-refractivity contribution in [2.24, 2.45) is 11.8 Å². The van der Waals surface area contributed by atoms with Crippen LogP contribution in [0.15, 0.2) is 0 Å². The zero-order valence-corrected chi connectivity index (χ0v) is 13.1. The molecule has 0 radical (unpaired) electrons. The van der Waals surface area contributed by atoms with Gasteiger partial charge in [-0.15, -0.1) is 0 Å². The summed E-state index contributed by atoms with van der Waals surface area (Å²) in [5.41, 5.74) is 7.07. The molecule has 0 saturated carbocycles. The van der Waals surface area contributed by atoms with E-state index in [1.165, 1.54) is 0 Å². The Morgan fingerprint density at radius 2 is 2.22 bits per heavy atom. The van der Waals surface area contributed by atoms with E-state index in [0.717, 1.165) is 47.6 Å². The third-order valence-electron chi connectivity index (χ3n) is 3.09. The molecule has 0 aliphatic carbocycles. The van der Waals surface area contributed by atoms with Crippen LogP contribution in [0.4, 0.5) is 5.82 Å². The Bertz CT molecular complexity index is 417. The second kappa shape index (κ2) is 6.14. The maximum atomic E-state index is 5.98. The van der Waals surface area contributed by atoms with Gasteiger partial charge in [0.25, 0.3) is 0 Å². The maximum absolute atomic E-state index is 5.98. The quantitative estimate of drug-likeness (QED) is 0.837. The van der Waals surface area contributed by atoms with Crippen LogP contribution in [0.3, 0.4) is 0 Å². The summed E-state index contributed by atoms with van der Waals surface area (Å²) >= 11 is 2.24. The van der Waals surface area contributed by atoms with Crippen molar-refractivity contribution in [1.82, 2.24) is 9.97 Å². The van der Waals surface area contributed by atoms with Crippen LogP contribution in [0.25, 0.3) is 0 Å². The fraction of sp³-hybridized carbons (Fsp3) is 0.692. The summed E-state index contributed by atoms with van der Waals surface area (Å²) in [6.45, 7) is 6.08. The highest BCUT2D eigenvalue weighted by Gasteiger charge is 2.19. The molecule has 1 saturated heterocycles. The van der Waals surface area contributed by atoms with Crippen LogP contribution in [0.2, 0.25) is 0 Å². The number of aromatic nitrogens is 2. The van der Waals surface area contributed by atoms with Crippen molar-refractivity contribution in [3.8, 4) is 0 Å². The Morgan fingerprint density at radius 1 is 1.44 bits per heavy atom. The lowest BCUT2D eigenvalue weighted by molar-refractivity contribution is 0.185. The van der Waals surface area contributed by atoms with Crippen molar-refractivity contribution in [2.45, 2.75) is 33.1 Å². The smallest absolute Gasteiger partial charge is 0.140 e. The fourth-order valence-electron chi connectivity index (χ4n) is 2.18. The number of hydrogen-bond acceptors (Lipinski definition) is 4. The van der Waals surface area contributed by atoms with Crippen molar-refractivity contribution in [2.75, 3.05) is 18.9 Å². The summed E-state index contributed by atoms with van der Waals surface area (Å²) in [5.74, 6) is 2.63. The molecule has 0 spiro atoms. The van der Waals surface area contributed by atoms with Gasteiger partial charge in [0.1, 0.15) is 11.6 Å². The van der Waals surface area contributed by atoms with Crippen LogP contribution in [-0.4, -0.2) is 23.2 Å². The minimum atomic E-state index is 0.552. The Hall–Kier alpha value is -0.430. The van der Waals surface area contributed by atoms with E-state index in [4.69, 9.17) is 10.5 Å². The monoisotopic (exact) mass is 361 g/mol. The Morgan fingerprint density at radius 3 is 2.83 bits per heavy atom. The van der Waals surface area contributed by atoms with Crippen molar-refractivity contribution >= 4 is 28.4 Å². The van der Waals surface area contributed by atoms with Gasteiger partial charge in [-0.05, 0) is 47.3 Å². The summed E-state index contributed by atoms with van der Waals surface area (Å²) in [6.07, 6.45) is 2.94. The number of nitrogen functional groups attached to an aromatic ring is 1. The molecule has 1 aromatic rings. The van der Waals surface area contributed by atoms with E-state index >= 15 is 0 Å². The first-order valence-electron chi connectivity index (χ1n) is 6.44. The Balaban J connectivity index is 2.17. The summed E-state index contributed by atoms with van der Waals surface area (Å²) in [5, 5.41) is 0. The van der Waals surface area contributed by atoms with Crippen LogP contribution >= 0.6 is 22.6 Å². The normalized spacial score (nSPS) is 19.7. The molecule has 1 fully saturated rings. The fourth-order valence-corrected chi connectivity index (χ4v) is 2.64. The third kappa shape index (κ3) is 3.54. The maximum Gasteiger partial charge on any atom is 0.140 e. The van der Waals surface area contributed by atoms with Crippen molar-refractivity contribution in [3.05, 3.63) is 15.1 Å². The number of halogens is 1. The molecule has 18 heavy (non-hydrogen) atoms. The lowest BCUT2D eigenvalue weighted by atomic mass is 10.0. The van der Waals surface area contributed by atoms with E-state index in [1.54, 1.807) is 0 Å². The lowest BCUT2D eigenvalue weighted by Crippen LogP contribution is -2.13. The highest BCUT2D eigenvalue weighted by atomic mass is 127. The molecule has 2 rings (SSSR count). The van der Waals surface area contributed by atoms with Gasteiger partial charge in [-0.1, -0.05) is 13.8 Å². The first kappa shape index (κ1) is 14.0. The Labute approximate surface area is 122 Å². The third-order valence-corrected chi connectivity index (χ3v) is 4.26. The zero-order valence-electron chi connectivity index (χ0n) is 10.9. The molecule has 1 aliphatic heterocycles. The molecule has 1 aromatic heterocycles. The second-order valence-corrected chi connectivity index (χ2v) is 6.40. The summed E-state index contributed by atoms with van der Waals surface area (Å²) in [4.78, 5) is 9.09. The summed E-state index contributed by atoms with van der Waals surface area (Å²) in [6, 6.07) is 0. The SMILES string of the molecule is CC(C)Cc1nc(CC2CCOC2)nc(N)c1I. The van der Waals surface area contributed by atoms with Crippen molar-refractivity contribution < 1.29 is 4.74 Å². The number of ether oxygens (including phenoxy) is 1. The standard InChI is InChI=1S/C13H20IN3O/c1-8(2)5-10-12(14)13(15)17-11(16-10)6-9-3-4-18-7-9/h8-9H,3-7H2,1-2H3,(H2,15,16,17). The summed E-state index contributed by atoms with van der Waals surface area (Å²) in [7, 11) is 0. The molecule has 5 heteroatoms. The average Bonchev–Trinajstić information content (AvgIpc) is 2.77. The molecule has 2 N–H and O–H groups in total. The topological polar surface area (TPSA) is 61.0 Å². The molecular formula is C13H20IN3O. The van der Waals surface area contributed by atoms with E-state index in [0.29, 0.717) is 17.7 Å². The van der Waals surface area contributed by atoms with Gasteiger partial charge >= 0.3 is 0 Å². The highest BCUT2D eigenvalue weighted by molar-refractivity contribution is 14.1. The molecular weight excluding hydrogens is 341 g/mol. The van der Waals surface area contributed by atoms with Crippen molar-refractivity contribution in [3.63, 3.8) is 0 Å². The number of rotatable bonds is 4. The van der Waals surface area contributed by atoms with Gasteiger partial charge in [0.2, 0.25) is 0 Å². The number of nitrogens with two attached hydrogens (primary N) is 1. The average molecular weight is 361 g/mol. The molecule has 100 valence electrons. The van der Waals surface area contributed by atoms with Gasteiger partial charge in [0, 0.05) is 19.6 Å². The van der Waals surface area contributed by atoms with Crippen molar-refractivity contribution in [1.29, 1.82) is 0 Å². The van der Waals surface area contributed by atoms with E-state index in [2.05, 4.69) is 46.4 Å². The van der Waals surface area contributed by atoms with E-state index in [9.17, 15) is 0 Å². The minimum absolute atomic E-state index is 0.552. The number of anilines is 1. The lowest BCUT2D eigenvalue weighted by Gasteiger charge is -2.12. The van der Waals surface area contributed by atoms with Crippen LogP contribution in [-0.2, 0) is 17.6 Å². The van der Waals surface area contributed by atoms with E-state index < -0.39 is 0 Å². The predicted octanol–water partition coefficient (Wildman–Crippen LogP) is 2.44. The van der Waals surface area contributed by atoms with E-state index in [1.807, 2.05) is 0 Å². The van der Waals surface area contributed by atoms with Crippen LogP contribution in [0.1, 0.15) is 31.8 Å². The largest absolute Gasteiger partial charge is 0.383 e. The van der Waals surface area contributed by atoms with Crippen LogP contribution in [0.5, 0.6) is 0 Å². The second-order valence-electron chi connectivity index (χ2n) is 5.32. The molecule has 4 nitrogen and oxygen atoms in total. The summed E-state index contributed by atoms with van der Waals surface area (Å²) < 4.78 is 6.40. The van der Waals surface area contributed by atoms with Gasteiger partial charge in [0.15, 0.2) is 0 Å². The molecule has 1 aliphatic rings. The molecule has 2 heterocycles. The minimum Gasteiger partial charge on any atom is -0.383 e. The molecule has 0 aromatic carbocycles. The predicted molar refractivity (Wildman–Crippen MR) is 80.3 cm³/mol. The van der Waals surface area contributed by atoms with Gasteiger partial charge in [0.05, 0.1) is 9.26 Å². The Kier molecular flexibility index (Phi) is 4.77. The van der Waals surface area contributed by atoms with Gasteiger partial charge in [-0.25, -0.2) is 9.97 Å². The molecule has 0 bridgehead atoms. The van der Waals surface area contributed by atoms with E-state index in [-0.39, 0.29) is 0 Å². The van der Waals surface area contributed by atoms with Gasteiger partial charge in [-0.2, -0.15) is 0 Å². The van der Waals surface area contributed by atoms with Crippen LogP contribution < -0.4 is 5.73 Å². The molecule has 0 amide bonds. The number of nitrogens with zero attached hydrogens (tertiary/aromatic N) is 2. The first-order chi connectivity index (χ1) is 8.56. The van der Waals surface area contributed by atoms with Gasteiger partial charge in [-0.3, -0.25) is 0 Å². The van der Waals surface area contributed by atoms with Crippen LogP contribution in [0, 0.1) is 15.4 Å². The first-order valence-corrected chi connectivity index (χ1v) is 7.52. The molecule has 1 unspecified atom stereocenters. The zero-order chi connectivity index (χ0) is 13.1.